The molecular formula is C86H120N20O22S. The number of aromatic hydroxyl groups is 1. The van der Waals surface area contributed by atoms with Crippen molar-refractivity contribution in [2.75, 3.05) is 65.5 Å². The standard InChI is InChI=1S/C86H120N20O22S/c1-9-11-22-65-79(121)100-63(42-108)78(120)101-64(74(116)92-39-71(89)113)43-129-44-72(114)93-59(31-47-25-27-50(109)28-26-47)82(124)102(6)46(5)73(115)96-61(36-70(88)112)84(126)105-29-17-24-66(105)80(122)95-57(35-69(87)111)76(118)97-58(30-45(3)4)85(127)106-40-51(110)34-68(106)81(123)94-56(32-48-37-90-54-20-15-13-18-52(48)54)75(117)99-62(41-107)77(119)98-60(33-49-38-91-55-21-16-14-19-53(49)55)83(125)104(8)67(23-12-10-2)86(128)103(65)7/h13-16,18-21,25-28,37-38,45-46,51,56-68,90-91,107-110H,9-12,17,22-24,29-36,39-44H2,1-8H3,(H2,87,111)(H2,88,112)(H2,89,113)(H,92,116)(H,93,114)(H,94,123)(H,95,122)(H,96,115)(H,97,118)(H,98,119)(H,99,117)(H,100,121)(H,101,120)/t46-,51+,56-,57-,58-,59-,60-,61+,62-,63-,64-,65-,66-,67-,68-/m0/s1. The monoisotopic (exact) mass is 1820 g/mol. The molecule has 5 heterocycles. The third-order valence-electron chi connectivity index (χ3n) is 22.9. The van der Waals surface area contributed by atoms with Gasteiger partial charge in [0, 0.05) is 99.9 Å². The topological polar surface area (TPSA) is 634 Å². The van der Waals surface area contributed by atoms with Crippen molar-refractivity contribution in [1.29, 1.82) is 0 Å². The summed E-state index contributed by atoms with van der Waals surface area (Å²) < 4.78 is 0. The quantitative estimate of drug-likeness (QED) is 0.0294. The van der Waals surface area contributed by atoms with Crippen molar-refractivity contribution in [2.45, 2.75) is 222 Å². The van der Waals surface area contributed by atoms with Gasteiger partial charge in [0.15, 0.2) is 0 Å². The number of hydrogen-bond acceptors (Lipinski definition) is 23. The van der Waals surface area contributed by atoms with Gasteiger partial charge in [0.2, 0.25) is 106 Å². The molecule has 18 amide bonds. The van der Waals surface area contributed by atoms with E-state index in [-0.39, 0.29) is 63.7 Å². The molecule has 2 aromatic heterocycles. The molecule has 43 heteroatoms. The number of carbonyl (C=O) groups excluding carboxylic acids is 18. The van der Waals surface area contributed by atoms with Gasteiger partial charge in [-0.05, 0) is 85.9 Å². The normalized spacial score (nSPS) is 25.4. The summed E-state index contributed by atoms with van der Waals surface area (Å²) in [5.41, 5.74) is 19.3. The van der Waals surface area contributed by atoms with Crippen molar-refractivity contribution in [3.8, 4) is 5.75 Å². The molecule has 3 saturated heterocycles. The summed E-state index contributed by atoms with van der Waals surface area (Å²) in [6.45, 7) is 4.57. The number of benzene rings is 3. The number of phenolic OH excluding ortho intramolecular Hbond substituents is 1. The van der Waals surface area contributed by atoms with E-state index in [9.17, 15) is 78.0 Å². The zero-order valence-electron chi connectivity index (χ0n) is 73.4. The summed E-state index contributed by atoms with van der Waals surface area (Å²) in [6, 6.07) is -3.59. The maximum atomic E-state index is 15.6. The molecule has 702 valence electrons. The highest BCUT2D eigenvalue weighted by atomic mass is 32.2. The van der Waals surface area contributed by atoms with Crippen LogP contribution in [0.4, 0.5) is 0 Å². The number of nitrogens with zero attached hydrogens (tertiary/aromatic N) is 5. The van der Waals surface area contributed by atoms with Crippen LogP contribution in [0.15, 0.2) is 85.2 Å². The van der Waals surface area contributed by atoms with Crippen LogP contribution in [0.3, 0.4) is 0 Å². The highest BCUT2D eigenvalue weighted by Crippen LogP contribution is 2.28. The highest BCUT2D eigenvalue weighted by Gasteiger charge is 2.47. The van der Waals surface area contributed by atoms with E-state index in [4.69, 9.17) is 17.2 Å². The second kappa shape index (κ2) is 47.9. The molecule has 0 aliphatic carbocycles. The first-order valence-electron chi connectivity index (χ1n) is 42.9. The largest absolute Gasteiger partial charge is 0.508 e. The number of primary amides is 3. The number of aliphatic hydroxyl groups excluding tert-OH is 3. The summed E-state index contributed by atoms with van der Waals surface area (Å²) in [6.07, 6.45) is 0.00271. The van der Waals surface area contributed by atoms with E-state index in [1.165, 1.54) is 52.3 Å². The maximum Gasteiger partial charge on any atom is 0.246 e. The maximum absolute atomic E-state index is 15.6. The van der Waals surface area contributed by atoms with Gasteiger partial charge in [-0.2, -0.15) is 0 Å². The van der Waals surface area contributed by atoms with Gasteiger partial charge in [-0.25, -0.2) is 0 Å². The number of unbranched alkanes of at least 4 members (excludes halogenated alkanes) is 2. The Labute approximate surface area is 748 Å². The number of carbonyl (C=O) groups is 18. The zero-order valence-corrected chi connectivity index (χ0v) is 74.2. The van der Waals surface area contributed by atoms with Crippen molar-refractivity contribution < 1.29 is 107 Å². The Morgan fingerprint density at radius 1 is 0.512 bits per heavy atom. The van der Waals surface area contributed by atoms with Crippen molar-refractivity contribution in [1.82, 2.24) is 87.6 Å². The Kier molecular flexibility index (Phi) is 37.7. The molecule has 0 bridgehead atoms. The predicted octanol–water partition coefficient (Wildman–Crippen LogP) is -4.29. The smallest absolute Gasteiger partial charge is 0.246 e. The number of H-pyrrole nitrogens is 2. The molecule has 42 nitrogen and oxygen atoms in total. The molecule has 0 unspecified atom stereocenters. The molecule has 8 rings (SSSR count). The molecule has 5 aromatic rings. The van der Waals surface area contributed by atoms with Gasteiger partial charge in [-0.3, -0.25) is 86.3 Å². The fraction of sp³-hybridized carbons (Fsp3) is 0.535. The van der Waals surface area contributed by atoms with Crippen LogP contribution in [0.1, 0.15) is 128 Å². The first kappa shape index (κ1) is 102. The lowest BCUT2D eigenvalue weighted by Crippen LogP contribution is -2.62. The van der Waals surface area contributed by atoms with Crippen molar-refractivity contribution in [3.05, 3.63) is 102 Å². The molecule has 3 fully saturated rings. The molecule has 3 aliphatic rings. The van der Waals surface area contributed by atoms with E-state index in [0.29, 0.717) is 75.9 Å². The minimum atomic E-state index is -1.91. The number of likely N-dealkylation sites (N-methyl/N-ethyl adjacent to an activating group) is 3. The van der Waals surface area contributed by atoms with E-state index in [1.54, 1.807) is 81.7 Å². The van der Waals surface area contributed by atoms with E-state index in [1.807, 2.05) is 6.92 Å². The first-order chi connectivity index (χ1) is 61.3. The molecule has 3 aromatic carbocycles. The Balaban J connectivity index is 1.18. The lowest BCUT2D eigenvalue weighted by Gasteiger charge is -2.36. The van der Waals surface area contributed by atoms with Crippen LogP contribution in [-0.2, 0) is 106 Å². The highest BCUT2D eigenvalue weighted by molar-refractivity contribution is 8.00. The number of nitrogens with two attached hydrogens (primary N) is 3. The van der Waals surface area contributed by atoms with E-state index < -0.39 is 260 Å². The molecule has 15 atom stereocenters. The van der Waals surface area contributed by atoms with Crippen LogP contribution in [0.25, 0.3) is 21.8 Å². The SMILES string of the molecule is CCCC[C@H]1C(=O)N(C)[C@@H](CCCC)C(=O)N[C@@H](CO)C(=O)N[C@H](C(=O)NCC(N)=O)CSCC(=O)N[C@@H](Cc2ccc(O)cc2)C(=O)N(C)[C@@H](C)C(=O)N[C@H](CC(N)=O)C(=O)N2CCC[C@H]2C(=O)N[C@@H](CC(N)=O)C(=O)N[C@@H](CC(C)C)C(=O)N2C[C@H](O)C[C@H]2C(=O)N[C@@H](Cc2c[nH]c3ccccc23)C(=O)N[C@@H](CO)C(=O)N[C@@H](Cc2c[nH]c3ccccc23)C(=O)N1C. The van der Waals surface area contributed by atoms with Crippen LogP contribution < -0.4 is 70.4 Å². The molecule has 3 aliphatic heterocycles. The molecule has 0 spiro atoms. The molecular weight excluding hydrogens is 1700 g/mol. The molecule has 0 radical (unpaired) electrons. The number of aliphatic hydroxyl groups is 3. The van der Waals surface area contributed by atoms with Gasteiger partial charge in [0.25, 0.3) is 0 Å². The van der Waals surface area contributed by atoms with Gasteiger partial charge in [0.05, 0.1) is 44.5 Å². The minimum Gasteiger partial charge on any atom is -0.508 e. The van der Waals surface area contributed by atoms with Crippen LogP contribution in [0.2, 0.25) is 0 Å². The predicted molar refractivity (Wildman–Crippen MR) is 469 cm³/mol. The lowest BCUT2D eigenvalue weighted by molar-refractivity contribution is -0.149. The van der Waals surface area contributed by atoms with E-state index in [0.717, 1.165) is 24.5 Å². The molecule has 22 N–H and O–H groups in total. The average Bonchev–Trinajstić information content (AvgIpc) is 1.76. The number of fused-ring (bicyclic) bond motifs is 4. The minimum absolute atomic E-state index is 0.0284. The van der Waals surface area contributed by atoms with Gasteiger partial charge < -0.3 is 125 Å². The second-order valence-electron chi connectivity index (χ2n) is 33.1. The average molecular weight is 1820 g/mol. The third-order valence-corrected chi connectivity index (χ3v) is 24.0. The number of thioether (sulfide) groups is 1. The van der Waals surface area contributed by atoms with Crippen molar-refractivity contribution >= 4 is 140 Å². The zero-order chi connectivity index (χ0) is 94.8. The Hall–Kier alpha value is -12.8. The summed E-state index contributed by atoms with van der Waals surface area (Å²) in [5, 5.41) is 70.0. The fourth-order valence-corrected chi connectivity index (χ4v) is 16.6. The van der Waals surface area contributed by atoms with Gasteiger partial charge in [-0.15, -0.1) is 11.8 Å². The third kappa shape index (κ3) is 27.9. The number of phenols is 1. The van der Waals surface area contributed by atoms with E-state index in [2.05, 4.69) is 63.1 Å². The van der Waals surface area contributed by atoms with Gasteiger partial charge >= 0.3 is 0 Å². The Morgan fingerprint density at radius 2 is 0.992 bits per heavy atom. The van der Waals surface area contributed by atoms with Crippen molar-refractivity contribution in [3.63, 3.8) is 0 Å². The van der Waals surface area contributed by atoms with Crippen LogP contribution in [-0.4, -0.2) is 317 Å². The van der Waals surface area contributed by atoms with Gasteiger partial charge in [-0.1, -0.05) is 102 Å². The molecule has 0 saturated carbocycles. The number of hydrogen-bond donors (Lipinski definition) is 19. The number of aromatic nitrogens is 2. The number of rotatable bonds is 23. The summed E-state index contributed by atoms with van der Waals surface area (Å²) in [4.78, 5) is 271. The first-order valence-corrected chi connectivity index (χ1v) is 44.0. The Morgan fingerprint density at radius 3 is 1.57 bits per heavy atom. The van der Waals surface area contributed by atoms with Crippen LogP contribution in [0, 0.1) is 5.92 Å². The summed E-state index contributed by atoms with van der Waals surface area (Å²) >= 11 is 0.715. The van der Waals surface area contributed by atoms with Crippen LogP contribution in [0.5, 0.6) is 5.75 Å². The number of aromatic amines is 2. The van der Waals surface area contributed by atoms with Crippen LogP contribution >= 0.6 is 11.8 Å². The summed E-state index contributed by atoms with van der Waals surface area (Å²) in [5.74, 6) is -20.0. The van der Waals surface area contributed by atoms with Gasteiger partial charge in [0.1, 0.15) is 90.3 Å². The number of para-hydroxylation sites is 2. The summed E-state index contributed by atoms with van der Waals surface area (Å²) in [7, 11) is 3.79. The van der Waals surface area contributed by atoms with E-state index >= 15 is 28.8 Å². The van der Waals surface area contributed by atoms with Crippen molar-refractivity contribution in [2.24, 2.45) is 23.1 Å². The Bertz CT molecular complexity index is 4890. The number of nitrogens with one attached hydrogen (secondary N) is 12. The fourth-order valence-electron chi connectivity index (χ4n) is 15.8. The second-order valence-corrected chi connectivity index (χ2v) is 34.1. The number of amides is 18. The lowest BCUT2D eigenvalue weighted by atomic mass is 10.00. The molecule has 129 heavy (non-hydrogen) atoms.